The number of halogens is 1. The molecule has 1 rings (SSSR count). The first kappa shape index (κ1) is 12.2. The van der Waals surface area contributed by atoms with Crippen molar-refractivity contribution < 1.29 is 5.11 Å². The van der Waals surface area contributed by atoms with Crippen molar-refractivity contribution in [2.45, 2.75) is 39.8 Å². The first-order chi connectivity index (χ1) is 6.91. The van der Waals surface area contributed by atoms with E-state index in [-0.39, 0.29) is 6.04 Å². The van der Waals surface area contributed by atoms with Crippen LogP contribution in [0.15, 0.2) is 0 Å². The molecule has 1 heterocycles. The fourth-order valence-corrected chi connectivity index (χ4v) is 1.28. The molecule has 0 saturated heterocycles. The van der Waals surface area contributed by atoms with E-state index in [0.717, 1.165) is 5.56 Å². The average Bonchev–Trinajstić information content (AvgIpc) is 2.13. The summed E-state index contributed by atoms with van der Waals surface area (Å²) >= 11 is 5.93. The molecule has 15 heavy (non-hydrogen) atoms. The second-order valence-electron chi connectivity index (χ2n) is 3.71. The van der Waals surface area contributed by atoms with Gasteiger partial charge >= 0.3 is 0 Å². The van der Waals surface area contributed by atoms with Crippen molar-refractivity contribution in [1.29, 1.82) is 0 Å². The third-order valence-corrected chi connectivity index (χ3v) is 2.65. The summed E-state index contributed by atoms with van der Waals surface area (Å²) in [6.07, 6.45) is -0.446. The molecule has 4 nitrogen and oxygen atoms in total. The zero-order valence-corrected chi connectivity index (χ0v) is 10.1. The maximum atomic E-state index is 9.37. The van der Waals surface area contributed by atoms with Gasteiger partial charge in [0.05, 0.1) is 12.1 Å². The quantitative estimate of drug-likeness (QED) is 0.778. The van der Waals surface area contributed by atoms with Crippen LogP contribution >= 0.6 is 11.6 Å². The molecule has 0 aliphatic carbocycles. The highest BCUT2D eigenvalue weighted by molar-refractivity contribution is 6.30. The molecule has 0 spiro atoms. The van der Waals surface area contributed by atoms with Gasteiger partial charge in [-0.05, 0) is 27.7 Å². The van der Waals surface area contributed by atoms with Crippen LogP contribution in [-0.4, -0.2) is 27.2 Å². The lowest BCUT2D eigenvalue weighted by Gasteiger charge is -2.18. The van der Waals surface area contributed by atoms with Crippen molar-refractivity contribution in [2.75, 3.05) is 5.32 Å². The predicted molar refractivity (Wildman–Crippen MR) is 61.3 cm³/mol. The number of hydrogen-bond acceptors (Lipinski definition) is 4. The number of anilines is 1. The van der Waals surface area contributed by atoms with Gasteiger partial charge in [-0.1, -0.05) is 11.6 Å². The Morgan fingerprint density at radius 2 is 1.87 bits per heavy atom. The minimum atomic E-state index is -0.446. The third-order valence-electron chi connectivity index (χ3n) is 2.29. The van der Waals surface area contributed by atoms with Crippen LogP contribution in [0.2, 0.25) is 5.15 Å². The number of aromatic nitrogens is 2. The third kappa shape index (κ3) is 3.04. The molecule has 0 amide bonds. The molecule has 2 N–H and O–H groups in total. The molecule has 0 fully saturated rings. The Kier molecular flexibility index (Phi) is 3.88. The van der Waals surface area contributed by atoms with Gasteiger partial charge in [-0.2, -0.15) is 0 Å². The van der Waals surface area contributed by atoms with Gasteiger partial charge in [0.25, 0.3) is 0 Å². The van der Waals surface area contributed by atoms with Crippen molar-refractivity contribution in [3.8, 4) is 0 Å². The van der Waals surface area contributed by atoms with Gasteiger partial charge in [0, 0.05) is 5.56 Å². The first-order valence-corrected chi connectivity index (χ1v) is 5.25. The maximum Gasteiger partial charge on any atom is 0.137 e. The van der Waals surface area contributed by atoms with Gasteiger partial charge in [0.15, 0.2) is 0 Å². The smallest absolute Gasteiger partial charge is 0.137 e. The summed E-state index contributed by atoms with van der Waals surface area (Å²) < 4.78 is 0. The molecule has 0 aliphatic heterocycles. The Hall–Kier alpha value is -0.870. The van der Waals surface area contributed by atoms with E-state index in [1.54, 1.807) is 13.8 Å². The van der Waals surface area contributed by atoms with Crippen molar-refractivity contribution in [3.05, 3.63) is 16.5 Å². The highest BCUT2D eigenvalue weighted by Crippen LogP contribution is 2.20. The summed E-state index contributed by atoms with van der Waals surface area (Å²) in [5.41, 5.74) is 0.801. The summed E-state index contributed by atoms with van der Waals surface area (Å²) in [4.78, 5) is 8.28. The van der Waals surface area contributed by atoms with Crippen LogP contribution in [0.5, 0.6) is 0 Å². The van der Waals surface area contributed by atoms with Gasteiger partial charge in [0.1, 0.15) is 16.8 Å². The number of rotatable bonds is 3. The lowest BCUT2D eigenvalue weighted by Crippen LogP contribution is -2.28. The van der Waals surface area contributed by atoms with Gasteiger partial charge < -0.3 is 10.4 Å². The zero-order chi connectivity index (χ0) is 11.6. The van der Waals surface area contributed by atoms with Crippen LogP contribution in [0.1, 0.15) is 25.2 Å². The molecule has 0 bridgehead atoms. The minimum absolute atomic E-state index is 0.0749. The van der Waals surface area contributed by atoms with Crippen LogP contribution in [0.25, 0.3) is 0 Å². The number of nitrogens with one attached hydrogen (secondary N) is 1. The Balaban J connectivity index is 2.94. The molecule has 0 aromatic carbocycles. The molecule has 1 aromatic rings. The van der Waals surface area contributed by atoms with Gasteiger partial charge in [-0.25, -0.2) is 9.97 Å². The minimum Gasteiger partial charge on any atom is -0.391 e. The SMILES string of the molecule is Cc1nc(Cl)c(C)c(NC(C)C(C)O)n1. The fraction of sp³-hybridized carbons (Fsp3) is 0.600. The number of aliphatic hydroxyl groups is 1. The molecule has 0 aliphatic rings. The molecular weight excluding hydrogens is 214 g/mol. The van der Waals surface area contributed by atoms with Gasteiger partial charge in [0.2, 0.25) is 0 Å². The van der Waals surface area contributed by atoms with E-state index in [4.69, 9.17) is 11.6 Å². The monoisotopic (exact) mass is 229 g/mol. The average molecular weight is 230 g/mol. The zero-order valence-electron chi connectivity index (χ0n) is 9.37. The summed E-state index contributed by atoms with van der Waals surface area (Å²) in [5.74, 6) is 1.30. The molecular formula is C10H16ClN3O. The van der Waals surface area contributed by atoms with E-state index in [2.05, 4.69) is 15.3 Å². The predicted octanol–water partition coefficient (Wildman–Crippen LogP) is 1.93. The van der Waals surface area contributed by atoms with Crippen LogP contribution in [0.4, 0.5) is 5.82 Å². The summed E-state index contributed by atoms with van der Waals surface area (Å²) in [5, 5.41) is 12.9. The molecule has 84 valence electrons. The van der Waals surface area contributed by atoms with Crippen molar-refractivity contribution in [1.82, 2.24) is 9.97 Å². The highest BCUT2D eigenvalue weighted by atomic mass is 35.5. The van der Waals surface area contributed by atoms with Crippen molar-refractivity contribution >= 4 is 17.4 Å². The topological polar surface area (TPSA) is 58.0 Å². The maximum absolute atomic E-state index is 9.37. The van der Waals surface area contributed by atoms with E-state index in [1.165, 1.54) is 0 Å². The van der Waals surface area contributed by atoms with Gasteiger partial charge in [-0.15, -0.1) is 0 Å². The number of aliphatic hydroxyl groups excluding tert-OH is 1. The van der Waals surface area contributed by atoms with Crippen LogP contribution in [-0.2, 0) is 0 Å². The van der Waals surface area contributed by atoms with E-state index in [0.29, 0.717) is 16.8 Å². The van der Waals surface area contributed by atoms with E-state index < -0.39 is 6.10 Å². The molecule has 1 aromatic heterocycles. The Labute approximate surface area is 94.7 Å². The second kappa shape index (κ2) is 4.77. The molecule has 0 radical (unpaired) electrons. The summed E-state index contributed by atoms with van der Waals surface area (Å²) in [7, 11) is 0. The largest absolute Gasteiger partial charge is 0.391 e. The first-order valence-electron chi connectivity index (χ1n) is 4.87. The van der Waals surface area contributed by atoms with Crippen LogP contribution in [0.3, 0.4) is 0 Å². The molecule has 2 atom stereocenters. The van der Waals surface area contributed by atoms with Gasteiger partial charge in [-0.3, -0.25) is 0 Å². The standard InChI is InChI=1S/C10H16ClN3O/c1-5-9(11)13-8(4)14-10(5)12-6(2)7(3)15/h6-7,15H,1-4H3,(H,12,13,14). The Morgan fingerprint density at radius 3 is 2.40 bits per heavy atom. The molecule has 0 saturated carbocycles. The van der Waals surface area contributed by atoms with Crippen molar-refractivity contribution in [2.24, 2.45) is 0 Å². The molecule has 5 heteroatoms. The van der Waals surface area contributed by atoms with Crippen molar-refractivity contribution in [3.63, 3.8) is 0 Å². The summed E-state index contributed by atoms with van der Waals surface area (Å²) in [6, 6.07) is -0.0749. The Bertz CT molecular complexity index is 355. The van der Waals surface area contributed by atoms with Crippen LogP contribution < -0.4 is 5.32 Å². The van der Waals surface area contributed by atoms with E-state index in [1.807, 2.05) is 13.8 Å². The number of hydrogen-bond donors (Lipinski definition) is 2. The highest BCUT2D eigenvalue weighted by Gasteiger charge is 2.13. The normalized spacial score (nSPS) is 14.8. The number of aryl methyl sites for hydroxylation is 1. The summed E-state index contributed by atoms with van der Waals surface area (Å²) in [6.45, 7) is 7.24. The second-order valence-corrected chi connectivity index (χ2v) is 4.07. The fourth-order valence-electron chi connectivity index (χ4n) is 1.07. The Morgan fingerprint density at radius 1 is 1.27 bits per heavy atom. The van der Waals surface area contributed by atoms with Crippen LogP contribution in [0, 0.1) is 13.8 Å². The number of nitrogens with zero attached hydrogens (tertiary/aromatic N) is 2. The molecule has 2 unspecified atom stereocenters. The van der Waals surface area contributed by atoms with E-state index in [9.17, 15) is 5.11 Å². The lowest BCUT2D eigenvalue weighted by atomic mass is 10.2. The van der Waals surface area contributed by atoms with E-state index >= 15 is 0 Å². The lowest BCUT2D eigenvalue weighted by molar-refractivity contribution is 0.177.